The molecule has 1 aliphatic heterocycles. The van der Waals surface area contributed by atoms with Crippen LogP contribution in [0.1, 0.15) is 52.9 Å². The van der Waals surface area contributed by atoms with Crippen molar-refractivity contribution in [2.45, 2.75) is 65.0 Å². The number of nitrogens with one attached hydrogen (secondary N) is 1. The second-order valence-electron chi connectivity index (χ2n) is 4.91. The minimum atomic E-state index is 0.190. The van der Waals surface area contributed by atoms with E-state index in [1.807, 2.05) is 0 Å². The highest BCUT2D eigenvalue weighted by atomic mass is 16.2. The van der Waals surface area contributed by atoms with Gasteiger partial charge in [-0.2, -0.15) is 0 Å². The van der Waals surface area contributed by atoms with Crippen molar-refractivity contribution in [3.63, 3.8) is 0 Å². The molecule has 0 aromatic heterocycles. The van der Waals surface area contributed by atoms with Crippen LogP contribution in [-0.4, -0.2) is 36.0 Å². The highest BCUT2D eigenvalue weighted by Gasteiger charge is 2.22. The number of carbonyl (C=O) groups is 1. The van der Waals surface area contributed by atoms with Gasteiger partial charge in [0, 0.05) is 12.1 Å². The molecule has 0 radical (unpaired) electrons. The number of amides is 1. The van der Waals surface area contributed by atoms with Gasteiger partial charge < -0.3 is 5.32 Å². The van der Waals surface area contributed by atoms with E-state index in [1.54, 1.807) is 0 Å². The zero-order chi connectivity index (χ0) is 12.0. The quantitative estimate of drug-likeness (QED) is 0.779. The van der Waals surface area contributed by atoms with Gasteiger partial charge in [-0.1, -0.05) is 20.3 Å². The summed E-state index contributed by atoms with van der Waals surface area (Å²) in [5, 5.41) is 3.04. The fourth-order valence-corrected chi connectivity index (χ4v) is 2.34. The second-order valence-corrected chi connectivity index (χ2v) is 4.91. The van der Waals surface area contributed by atoms with Crippen LogP contribution in [0.25, 0.3) is 0 Å². The van der Waals surface area contributed by atoms with E-state index in [0.29, 0.717) is 18.6 Å². The van der Waals surface area contributed by atoms with Gasteiger partial charge in [0.2, 0.25) is 5.91 Å². The summed E-state index contributed by atoms with van der Waals surface area (Å²) < 4.78 is 0. The van der Waals surface area contributed by atoms with Crippen LogP contribution in [-0.2, 0) is 4.79 Å². The van der Waals surface area contributed by atoms with Crippen LogP contribution in [0, 0.1) is 0 Å². The first kappa shape index (κ1) is 13.5. The van der Waals surface area contributed by atoms with Gasteiger partial charge in [-0.05, 0) is 39.2 Å². The van der Waals surface area contributed by atoms with E-state index in [9.17, 15) is 4.79 Å². The largest absolute Gasteiger partial charge is 0.353 e. The van der Waals surface area contributed by atoms with Crippen LogP contribution in [0.4, 0.5) is 0 Å². The molecule has 0 aromatic rings. The maximum absolute atomic E-state index is 11.8. The third kappa shape index (κ3) is 4.12. The third-order valence-corrected chi connectivity index (χ3v) is 3.59. The summed E-state index contributed by atoms with van der Waals surface area (Å²) in [6.45, 7) is 8.05. The summed E-state index contributed by atoms with van der Waals surface area (Å²) in [7, 11) is 0. The molecule has 2 atom stereocenters. The highest BCUT2D eigenvalue weighted by Crippen LogP contribution is 2.18. The molecule has 3 heteroatoms. The maximum Gasteiger partial charge on any atom is 0.234 e. The number of hydrogen-bond acceptors (Lipinski definition) is 2. The Kier molecular flexibility index (Phi) is 5.81. The van der Waals surface area contributed by atoms with Crippen LogP contribution < -0.4 is 5.32 Å². The topological polar surface area (TPSA) is 32.3 Å². The lowest BCUT2D eigenvalue weighted by molar-refractivity contribution is -0.123. The molecule has 3 nitrogen and oxygen atoms in total. The van der Waals surface area contributed by atoms with Gasteiger partial charge in [-0.15, -0.1) is 0 Å². The molecule has 1 rings (SSSR count). The van der Waals surface area contributed by atoms with Crippen LogP contribution in [0.15, 0.2) is 0 Å². The lowest BCUT2D eigenvalue weighted by Crippen LogP contribution is -2.46. The number of carbonyl (C=O) groups excluding carboxylic acids is 1. The maximum atomic E-state index is 11.8. The van der Waals surface area contributed by atoms with Gasteiger partial charge in [0.05, 0.1) is 6.54 Å². The van der Waals surface area contributed by atoms with Gasteiger partial charge in [-0.3, -0.25) is 9.69 Å². The SMILES string of the molecule is CC[C@H]1CCCCN1CC(=O)N[C@H](C)CC. The summed E-state index contributed by atoms with van der Waals surface area (Å²) in [5.74, 6) is 0.190. The van der Waals surface area contributed by atoms with Crippen molar-refractivity contribution in [3.8, 4) is 0 Å². The smallest absolute Gasteiger partial charge is 0.234 e. The molecule has 1 N–H and O–H groups in total. The Hall–Kier alpha value is -0.570. The average molecular weight is 226 g/mol. The van der Waals surface area contributed by atoms with Crippen molar-refractivity contribution in [1.82, 2.24) is 10.2 Å². The van der Waals surface area contributed by atoms with Gasteiger partial charge in [0.1, 0.15) is 0 Å². The molecular weight excluding hydrogens is 200 g/mol. The lowest BCUT2D eigenvalue weighted by Gasteiger charge is -2.34. The monoisotopic (exact) mass is 226 g/mol. The summed E-state index contributed by atoms with van der Waals surface area (Å²) >= 11 is 0. The molecule has 0 aromatic carbocycles. The minimum Gasteiger partial charge on any atom is -0.353 e. The fourth-order valence-electron chi connectivity index (χ4n) is 2.34. The van der Waals surface area contributed by atoms with E-state index in [4.69, 9.17) is 0 Å². The molecule has 0 aliphatic carbocycles. The molecule has 0 saturated carbocycles. The summed E-state index contributed by atoms with van der Waals surface area (Å²) in [6, 6.07) is 0.925. The third-order valence-electron chi connectivity index (χ3n) is 3.59. The summed E-state index contributed by atoms with van der Waals surface area (Å²) in [6.07, 6.45) is 5.99. The van der Waals surface area contributed by atoms with E-state index >= 15 is 0 Å². The molecule has 1 saturated heterocycles. The average Bonchev–Trinajstić information content (AvgIpc) is 2.29. The molecule has 1 heterocycles. The number of rotatable bonds is 5. The van der Waals surface area contributed by atoms with Crippen LogP contribution in [0.5, 0.6) is 0 Å². The fraction of sp³-hybridized carbons (Fsp3) is 0.923. The van der Waals surface area contributed by atoms with E-state index in [2.05, 4.69) is 31.0 Å². The van der Waals surface area contributed by atoms with E-state index in [0.717, 1.165) is 19.4 Å². The standard InChI is InChI=1S/C13H26N2O/c1-4-11(3)14-13(16)10-15-9-7-6-8-12(15)5-2/h11-12H,4-10H2,1-3H3,(H,14,16)/t11-,12+/m1/s1. The van der Waals surface area contributed by atoms with E-state index < -0.39 is 0 Å². The summed E-state index contributed by atoms with van der Waals surface area (Å²) in [5.41, 5.74) is 0. The van der Waals surface area contributed by atoms with Gasteiger partial charge >= 0.3 is 0 Å². The van der Waals surface area contributed by atoms with Crippen molar-refractivity contribution in [3.05, 3.63) is 0 Å². The Morgan fingerprint density at radius 3 is 2.81 bits per heavy atom. The number of nitrogens with zero attached hydrogens (tertiary/aromatic N) is 1. The first-order valence-corrected chi connectivity index (χ1v) is 6.70. The Bertz CT molecular complexity index is 218. The molecular formula is C13H26N2O. The molecule has 1 aliphatic rings. The number of likely N-dealkylation sites (tertiary alicyclic amines) is 1. The van der Waals surface area contributed by atoms with Crippen LogP contribution in [0.2, 0.25) is 0 Å². The first-order valence-electron chi connectivity index (χ1n) is 6.70. The van der Waals surface area contributed by atoms with Crippen molar-refractivity contribution < 1.29 is 4.79 Å². The molecule has 0 spiro atoms. The van der Waals surface area contributed by atoms with Crippen molar-refractivity contribution in [1.29, 1.82) is 0 Å². The minimum absolute atomic E-state index is 0.190. The van der Waals surface area contributed by atoms with Gasteiger partial charge in [-0.25, -0.2) is 0 Å². The molecule has 1 fully saturated rings. The predicted octanol–water partition coefficient (Wildman–Crippen LogP) is 2.17. The Balaban J connectivity index is 2.36. The van der Waals surface area contributed by atoms with Gasteiger partial charge in [0.15, 0.2) is 0 Å². The van der Waals surface area contributed by atoms with Gasteiger partial charge in [0.25, 0.3) is 0 Å². The van der Waals surface area contributed by atoms with Crippen LogP contribution >= 0.6 is 0 Å². The molecule has 1 amide bonds. The molecule has 16 heavy (non-hydrogen) atoms. The van der Waals surface area contributed by atoms with Crippen molar-refractivity contribution >= 4 is 5.91 Å². The highest BCUT2D eigenvalue weighted by molar-refractivity contribution is 5.78. The second kappa shape index (κ2) is 6.89. The first-order chi connectivity index (χ1) is 7.67. The molecule has 0 unspecified atom stereocenters. The predicted molar refractivity (Wildman–Crippen MR) is 67.4 cm³/mol. The zero-order valence-electron chi connectivity index (χ0n) is 11.0. The molecule has 94 valence electrons. The Morgan fingerprint density at radius 2 is 2.19 bits per heavy atom. The Morgan fingerprint density at radius 1 is 1.44 bits per heavy atom. The normalized spacial score (nSPS) is 24.1. The number of hydrogen-bond donors (Lipinski definition) is 1. The lowest BCUT2D eigenvalue weighted by atomic mass is 10.00. The summed E-state index contributed by atoms with van der Waals surface area (Å²) in [4.78, 5) is 14.1. The van der Waals surface area contributed by atoms with E-state index in [-0.39, 0.29) is 5.91 Å². The number of piperidine rings is 1. The molecule has 0 bridgehead atoms. The van der Waals surface area contributed by atoms with Crippen LogP contribution in [0.3, 0.4) is 0 Å². The van der Waals surface area contributed by atoms with Crippen molar-refractivity contribution in [2.24, 2.45) is 0 Å². The van der Waals surface area contributed by atoms with E-state index in [1.165, 1.54) is 19.3 Å². The Labute approximate surface area is 99.6 Å². The van der Waals surface area contributed by atoms with Crippen molar-refractivity contribution in [2.75, 3.05) is 13.1 Å². The zero-order valence-corrected chi connectivity index (χ0v) is 11.0.